The molecule has 1 aromatic carbocycles. The van der Waals surface area contributed by atoms with Crippen molar-refractivity contribution >= 4 is 22.7 Å². The number of nitrogens with zero attached hydrogens (tertiary/aromatic N) is 1. The summed E-state index contributed by atoms with van der Waals surface area (Å²) >= 11 is 1.76. The van der Waals surface area contributed by atoms with Crippen molar-refractivity contribution < 1.29 is 4.39 Å². The lowest BCUT2D eigenvalue weighted by Crippen LogP contribution is -1.90. The van der Waals surface area contributed by atoms with Crippen LogP contribution < -0.4 is 0 Å². The molecular weight excluding hydrogens is 209 g/mol. The van der Waals surface area contributed by atoms with Gasteiger partial charge in [0.1, 0.15) is 5.82 Å². The van der Waals surface area contributed by atoms with Crippen LogP contribution in [0.25, 0.3) is 10.9 Å². The normalized spacial score (nSPS) is 11.1. The molecule has 0 spiro atoms. The highest BCUT2D eigenvalue weighted by Crippen LogP contribution is 2.25. The molecule has 0 bridgehead atoms. The number of halogens is 1. The van der Waals surface area contributed by atoms with Gasteiger partial charge in [0.2, 0.25) is 0 Å². The molecule has 0 aliphatic heterocycles. The Morgan fingerprint density at radius 2 is 2.20 bits per heavy atom. The van der Waals surface area contributed by atoms with Gasteiger partial charge in [-0.2, -0.15) is 11.8 Å². The Morgan fingerprint density at radius 3 is 2.87 bits per heavy atom. The number of aryl methyl sites for hydroxylation is 1. The minimum atomic E-state index is -0.154. The van der Waals surface area contributed by atoms with Crippen LogP contribution in [0.4, 0.5) is 4.39 Å². The van der Waals surface area contributed by atoms with Gasteiger partial charge in [-0.3, -0.25) is 0 Å². The molecule has 0 amide bonds. The lowest BCUT2D eigenvalue weighted by Gasteiger charge is -1.99. The van der Waals surface area contributed by atoms with Gasteiger partial charge in [-0.05, 0) is 36.9 Å². The van der Waals surface area contributed by atoms with E-state index in [-0.39, 0.29) is 5.82 Å². The van der Waals surface area contributed by atoms with Crippen molar-refractivity contribution in [2.24, 2.45) is 0 Å². The zero-order chi connectivity index (χ0) is 10.8. The number of hydrogen-bond acceptors (Lipinski definition) is 1. The Morgan fingerprint density at radius 1 is 1.40 bits per heavy atom. The molecule has 0 saturated heterocycles. The molecule has 0 N–H and O–H groups in total. The second-order valence-corrected chi connectivity index (χ2v) is 4.40. The summed E-state index contributed by atoms with van der Waals surface area (Å²) in [7, 11) is 0. The average molecular weight is 223 g/mol. The summed E-state index contributed by atoms with van der Waals surface area (Å²) in [6.45, 7) is 3.03. The first-order chi connectivity index (χ1) is 7.26. The first-order valence-electron chi connectivity index (χ1n) is 5.02. The Balaban J connectivity index is 2.64. The van der Waals surface area contributed by atoms with Gasteiger partial charge in [-0.25, -0.2) is 4.39 Å². The smallest absolute Gasteiger partial charge is 0.123 e. The third-order valence-corrected chi connectivity index (χ3v) is 3.17. The van der Waals surface area contributed by atoms with E-state index in [4.69, 9.17) is 0 Å². The maximum atomic E-state index is 13.2. The second kappa shape index (κ2) is 4.27. The molecule has 2 aromatic rings. The van der Waals surface area contributed by atoms with Gasteiger partial charge in [0.15, 0.2) is 0 Å². The van der Waals surface area contributed by atoms with Crippen LogP contribution >= 0.6 is 11.8 Å². The molecule has 2 rings (SSSR count). The molecule has 0 unspecified atom stereocenters. The van der Waals surface area contributed by atoms with E-state index in [2.05, 4.69) is 23.9 Å². The molecule has 80 valence electrons. The fourth-order valence-corrected chi connectivity index (χ4v) is 2.42. The second-order valence-electron chi connectivity index (χ2n) is 3.53. The third kappa shape index (κ3) is 1.88. The summed E-state index contributed by atoms with van der Waals surface area (Å²) in [6.07, 6.45) is 4.19. The quantitative estimate of drug-likeness (QED) is 0.768. The first kappa shape index (κ1) is 10.6. The van der Waals surface area contributed by atoms with E-state index in [0.717, 1.165) is 23.2 Å². The molecule has 1 aromatic heterocycles. The van der Waals surface area contributed by atoms with Crippen LogP contribution in [0.1, 0.15) is 12.5 Å². The molecule has 3 heteroatoms. The zero-order valence-corrected chi connectivity index (χ0v) is 9.77. The van der Waals surface area contributed by atoms with Crippen molar-refractivity contribution in [3.63, 3.8) is 0 Å². The summed E-state index contributed by atoms with van der Waals surface area (Å²) in [5.41, 5.74) is 2.35. The van der Waals surface area contributed by atoms with Gasteiger partial charge in [0.05, 0.1) is 0 Å². The van der Waals surface area contributed by atoms with Crippen molar-refractivity contribution in [1.29, 1.82) is 0 Å². The number of rotatable bonds is 3. The molecule has 0 saturated carbocycles. The summed E-state index contributed by atoms with van der Waals surface area (Å²) in [5, 5.41) is 1.05. The molecule has 0 fully saturated rings. The Kier molecular flexibility index (Phi) is 3.00. The summed E-state index contributed by atoms with van der Waals surface area (Å²) in [6, 6.07) is 5.02. The van der Waals surface area contributed by atoms with Gasteiger partial charge in [-0.1, -0.05) is 0 Å². The monoisotopic (exact) mass is 223 g/mol. The third-order valence-electron chi connectivity index (χ3n) is 2.57. The van der Waals surface area contributed by atoms with E-state index >= 15 is 0 Å². The van der Waals surface area contributed by atoms with Gasteiger partial charge in [0.25, 0.3) is 0 Å². The molecule has 1 heterocycles. The van der Waals surface area contributed by atoms with E-state index in [0.29, 0.717) is 0 Å². The van der Waals surface area contributed by atoms with Crippen LogP contribution in [0.5, 0.6) is 0 Å². The van der Waals surface area contributed by atoms with Gasteiger partial charge in [0, 0.05) is 29.4 Å². The molecule has 0 atom stereocenters. The highest BCUT2D eigenvalue weighted by molar-refractivity contribution is 7.97. The van der Waals surface area contributed by atoms with Crippen LogP contribution in [-0.4, -0.2) is 10.8 Å². The number of fused-ring (bicyclic) bond motifs is 1. The van der Waals surface area contributed by atoms with Gasteiger partial charge >= 0.3 is 0 Å². The van der Waals surface area contributed by atoms with E-state index in [1.807, 2.05) is 6.07 Å². The van der Waals surface area contributed by atoms with Crippen molar-refractivity contribution in [2.75, 3.05) is 6.26 Å². The molecule has 0 radical (unpaired) electrons. The Hall–Kier alpha value is -0.960. The average Bonchev–Trinajstić information content (AvgIpc) is 2.57. The fourth-order valence-electron chi connectivity index (χ4n) is 1.88. The van der Waals surface area contributed by atoms with E-state index < -0.39 is 0 Å². The van der Waals surface area contributed by atoms with E-state index in [1.54, 1.807) is 17.8 Å². The summed E-state index contributed by atoms with van der Waals surface area (Å²) in [4.78, 5) is 0. The first-order valence-corrected chi connectivity index (χ1v) is 6.42. The predicted octanol–water partition coefficient (Wildman–Crippen LogP) is 3.66. The highest BCUT2D eigenvalue weighted by atomic mass is 32.2. The number of benzene rings is 1. The SMILES string of the molecule is CCn1cc(CSC)c2cc(F)ccc21. The van der Waals surface area contributed by atoms with Gasteiger partial charge < -0.3 is 4.57 Å². The Bertz CT molecular complexity index is 476. The minimum absolute atomic E-state index is 0.154. The summed E-state index contributed by atoms with van der Waals surface area (Å²) in [5.74, 6) is 0.783. The molecule has 0 aliphatic rings. The highest BCUT2D eigenvalue weighted by Gasteiger charge is 2.07. The molecule has 1 nitrogen and oxygen atoms in total. The largest absolute Gasteiger partial charge is 0.347 e. The van der Waals surface area contributed by atoms with Crippen molar-refractivity contribution in [3.8, 4) is 0 Å². The molecule has 0 aliphatic carbocycles. The number of hydrogen-bond donors (Lipinski definition) is 0. The fraction of sp³-hybridized carbons (Fsp3) is 0.333. The minimum Gasteiger partial charge on any atom is -0.347 e. The number of thioether (sulfide) groups is 1. The van der Waals surface area contributed by atoms with E-state index in [1.165, 1.54) is 11.6 Å². The van der Waals surface area contributed by atoms with Crippen molar-refractivity contribution in [1.82, 2.24) is 4.57 Å². The van der Waals surface area contributed by atoms with Crippen LogP contribution in [0.3, 0.4) is 0 Å². The van der Waals surface area contributed by atoms with Gasteiger partial charge in [-0.15, -0.1) is 0 Å². The predicted molar refractivity (Wildman–Crippen MR) is 64.8 cm³/mol. The zero-order valence-electron chi connectivity index (χ0n) is 8.96. The molecular formula is C12H14FNS. The van der Waals surface area contributed by atoms with Crippen molar-refractivity contribution in [2.45, 2.75) is 19.2 Å². The van der Waals surface area contributed by atoms with Crippen LogP contribution in [0.15, 0.2) is 24.4 Å². The maximum absolute atomic E-state index is 13.2. The Labute approximate surface area is 93.3 Å². The van der Waals surface area contributed by atoms with Crippen LogP contribution in [0.2, 0.25) is 0 Å². The van der Waals surface area contributed by atoms with Crippen LogP contribution in [-0.2, 0) is 12.3 Å². The lowest BCUT2D eigenvalue weighted by molar-refractivity contribution is 0.629. The maximum Gasteiger partial charge on any atom is 0.123 e. The number of aromatic nitrogens is 1. The molecule has 15 heavy (non-hydrogen) atoms. The summed E-state index contributed by atoms with van der Waals surface area (Å²) < 4.78 is 15.3. The van der Waals surface area contributed by atoms with E-state index in [9.17, 15) is 4.39 Å². The standard InChI is InChI=1S/C12H14FNS/c1-3-14-7-9(8-15-2)11-6-10(13)4-5-12(11)14/h4-7H,3,8H2,1-2H3. The topological polar surface area (TPSA) is 4.93 Å². The van der Waals surface area contributed by atoms with Crippen LogP contribution in [0, 0.1) is 5.82 Å². The van der Waals surface area contributed by atoms with Crippen molar-refractivity contribution in [3.05, 3.63) is 35.8 Å². The lowest BCUT2D eigenvalue weighted by atomic mass is 10.2.